The molecule has 2 nitrogen and oxygen atoms in total. The Hall–Kier alpha value is -0.570. The van der Waals surface area contributed by atoms with Gasteiger partial charge in [0.2, 0.25) is 0 Å². The molecule has 0 bridgehead atoms. The van der Waals surface area contributed by atoms with Gasteiger partial charge in [0.15, 0.2) is 5.13 Å². The molecule has 1 saturated carbocycles. The van der Waals surface area contributed by atoms with E-state index in [0.29, 0.717) is 6.04 Å². The molecule has 14 heavy (non-hydrogen) atoms. The summed E-state index contributed by atoms with van der Waals surface area (Å²) in [5, 5.41) is 6.76. The lowest BCUT2D eigenvalue weighted by Gasteiger charge is -2.29. The van der Waals surface area contributed by atoms with Crippen LogP contribution in [-0.4, -0.2) is 11.0 Å². The predicted molar refractivity (Wildman–Crippen MR) is 61.9 cm³/mol. The van der Waals surface area contributed by atoms with Crippen LogP contribution in [0.1, 0.15) is 38.3 Å². The van der Waals surface area contributed by atoms with Crippen molar-refractivity contribution < 1.29 is 0 Å². The maximum absolute atomic E-state index is 4.45. The maximum Gasteiger partial charge on any atom is 0.183 e. The summed E-state index contributed by atoms with van der Waals surface area (Å²) in [5.74, 6) is 0.799. The maximum atomic E-state index is 4.45. The molecule has 1 N–H and O–H groups in total. The van der Waals surface area contributed by atoms with Gasteiger partial charge in [-0.3, -0.25) is 0 Å². The van der Waals surface area contributed by atoms with Crippen molar-refractivity contribution in [2.75, 3.05) is 5.32 Å². The largest absolute Gasteiger partial charge is 0.359 e. The summed E-state index contributed by atoms with van der Waals surface area (Å²) in [6.45, 7) is 4.39. The highest BCUT2D eigenvalue weighted by molar-refractivity contribution is 7.13. The van der Waals surface area contributed by atoms with Gasteiger partial charge in [0.05, 0.1) is 5.69 Å². The molecule has 1 fully saturated rings. The quantitative estimate of drug-likeness (QED) is 0.808. The van der Waals surface area contributed by atoms with Crippen LogP contribution in [0, 0.1) is 12.8 Å². The first kappa shape index (κ1) is 9.97. The zero-order valence-corrected chi connectivity index (χ0v) is 9.73. The molecule has 1 aromatic rings. The minimum atomic E-state index is 0.647. The average Bonchev–Trinajstić information content (AvgIpc) is 2.56. The molecule has 1 aliphatic rings. The summed E-state index contributed by atoms with van der Waals surface area (Å²) in [6.07, 6.45) is 5.43. The van der Waals surface area contributed by atoms with Gasteiger partial charge in [-0.25, -0.2) is 4.98 Å². The molecule has 0 saturated heterocycles. The second kappa shape index (κ2) is 4.30. The number of nitrogens with zero attached hydrogens (tertiary/aromatic N) is 1. The Balaban J connectivity index is 1.95. The van der Waals surface area contributed by atoms with Crippen molar-refractivity contribution in [3.05, 3.63) is 11.1 Å². The normalized spacial score (nSPS) is 27.6. The van der Waals surface area contributed by atoms with Crippen molar-refractivity contribution in [3.8, 4) is 0 Å². The van der Waals surface area contributed by atoms with Gasteiger partial charge in [0, 0.05) is 11.4 Å². The SMILES string of the molecule is Cc1csc(NC2CCCCC2C)n1. The molecule has 3 heteroatoms. The topological polar surface area (TPSA) is 24.9 Å². The van der Waals surface area contributed by atoms with Crippen LogP contribution in [0.15, 0.2) is 5.38 Å². The van der Waals surface area contributed by atoms with E-state index >= 15 is 0 Å². The van der Waals surface area contributed by atoms with Crippen LogP contribution >= 0.6 is 11.3 Å². The third-order valence-corrected chi connectivity index (χ3v) is 3.93. The van der Waals surface area contributed by atoms with Gasteiger partial charge in [-0.15, -0.1) is 11.3 Å². The fourth-order valence-electron chi connectivity index (χ4n) is 2.11. The third-order valence-electron chi connectivity index (χ3n) is 3.04. The number of aryl methyl sites for hydroxylation is 1. The number of aromatic nitrogens is 1. The fraction of sp³-hybridized carbons (Fsp3) is 0.727. The summed E-state index contributed by atoms with van der Waals surface area (Å²) in [4.78, 5) is 4.45. The molecule has 2 rings (SSSR count). The Kier molecular flexibility index (Phi) is 3.06. The first-order chi connectivity index (χ1) is 6.75. The van der Waals surface area contributed by atoms with Crippen molar-refractivity contribution in [1.82, 2.24) is 4.98 Å². The van der Waals surface area contributed by atoms with Crippen LogP contribution in [0.4, 0.5) is 5.13 Å². The Morgan fingerprint density at radius 2 is 2.21 bits per heavy atom. The summed E-state index contributed by atoms with van der Waals surface area (Å²) in [6, 6.07) is 0.647. The fourth-order valence-corrected chi connectivity index (χ4v) is 2.86. The van der Waals surface area contributed by atoms with Gasteiger partial charge in [-0.2, -0.15) is 0 Å². The molecule has 78 valence electrons. The van der Waals surface area contributed by atoms with Gasteiger partial charge in [-0.1, -0.05) is 19.8 Å². The minimum absolute atomic E-state index is 0.647. The van der Waals surface area contributed by atoms with E-state index in [1.54, 1.807) is 11.3 Å². The number of thiazole rings is 1. The van der Waals surface area contributed by atoms with Crippen molar-refractivity contribution >= 4 is 16.5 Å². The molecule has 0 amide bonds. The van der Waals surface area contributed by atoms with E-state index in [9.17, 15) is 0 Å². The van der Waals surface area contributed by atoms with Gasteiger partial charge >= 0.3 is 0 Å². The minimum Gasteiger partial charge on any atom is -0.359 e. The molecule has 0 radical (unpaired) electrons. The monoisotopic (exact) mass is 210 g/mol. The van der Waals surface area contributed by atoms with Crippen LogP contribution in [0.25, 0.3) is 0 Å². The van der Waals surface area contributed by atoms with Gasteiger partial charge in [0.1, 0.15) is 0 Å². The van der Waals surface area contributed by atoms with Crippen LogP contribution in [0.2, 0.25) is 0 Å². The zero-order chi connectivity index (χ0) is 9.97. The number of rotatable bonds is 2. The van der Waals surface area contributed by atoms with Gasteiger partial charge in [-0.05, 0) is 25.7 Å². The highest BCUT2D eigenvalue weighted by Gasteiger charge is 2.21. The molecule has 1 aliphatic carbocycles. The molecule has 0 aliphatic heterocycles. The second-order valence-corrected chi connectivity index (χ2v) is 5.16. The lowest BCUT2D eigenvalue weighted by atomic mass is 9.86. The number of hydrogen-bond donors (Lipinski definition) is 1. The number of nitrogens with one attached hydrogen (secondary N) is 1. The van der Waals surface area contributed by atoms with E-state index in [1.165, 1.54) is 25.7 Å². The van der Waals surface area contributed by atoms with Crippen LogP contribution in [0.3, 0.4) is 0 Å². The van der Waals surface area contributed by atoms with Crippen LogP contribution in [-0.2, 0) is 0 Å². The Morgan fingerprint density at radius 3 is 2.86 bits per heavy atom. The van der Waals surface area contributed by atoms with Crippen molar-refractivity contribution in [1.29, 1.82) is 0 Å². The number of anilines is 1. The molecule has 2 unspecified atom stereocenters. The molecule has 2 atom stereocenters. The summed E-state index contributed by atoms with van der Waals surface area (Å²) in [5.41, 5.74) is 1.13. The van der Waals surface area contributed by atoms with E-state index in [2.05, 4.69) is 22.6 Å². The van der Waals surface area contributed by atoms with Crippen molar-refractivity contribution in [3.63, 3.8) is 0 Å². The van der Waals surface area contributed by atoms with Crippen molar-refractivity contribution in [2.24, 2.45) is 5.92 Å². The summed E-state index contributed by atoms with van der Waals surface area (Å²) < 4.78 is 0. The van der Waals surface area contributed by atoms with Crippen LogP contribution in [0.5, 0.6) is 0 Å². The van der Waals surface area contributed by atoms with E-state index in [-0.39, 0.29) is 0 Å². The van der Waals surface area contributed by atoms with Gasteiger partial charge < -0.3 is 5.32 Å². The Labute approximate surface area is 89.8 Å². The van der Waals surface area contributed by atoms with E-state index in [4.69, 9.17) is 0 Å². The highest BCUT2D eigenvalue weighted by Crippen LogP contribution is 2.27. The first-order valence-electron chi connectivity index (χ1n) is 5.44. The Morgan fingerprint density at radius 1 is 1.43 bits per heavy atom. The Bertz CT molecular complexity index is 295. The van der Waals surface area contributed by atoms with E-state index < -0.39 is 0 Å². The molecule has 1 heterocycles. The molecule has 0 aromatic carbocycles. The van der Waals surface area contributed by atoms with E-state index in [0.717, 1.165) is 16.7 Å². The molecule has 0 spiro atoms. The second-order valence-electron chi connectivity index (χ2n) is 4.31. The van der Waals surface area contributed by atoms with Crippen LogP contribution < -0.4 is 5.32 Å². The van der Waals surface area contributed by atoms with Gasteiger partial charge in [0.25, 0.3) is 0 Å². The first-order valence-corrected chi connectivity index (χ1v) is 6.32. The lowest BCUT2D eigenvalue weighted by molar-refractivity contribution is 0.349. The zero-order valence-electron chi connectivity index (χ0n) is 8.92. The van der Waals surface area contributed by atoms with E-state index in [1.807, 2.05) is 6.92 Å². The summed E-state index contributed by atoms with van der Waals surface area (Å²) in [7, 11) is 0. The molecular formula is C11H18N2S. The highest BCUT2D eigenvalue weighted by atomic mass is 32.1. The molecule has 1 aromatic heterocycles. The summed E-state index contributed by atoms with van der Waals surface area (Å²) >= 11 is 1.72. The molecular weight excluding hydrogens is 192 g/mol. The lowest BCUT2D eigenvalue weighted by Crippen LogP contribution is -2.30. The standard InChI is InChI=1S/C11H18N2S/c1-8-5-3-4-6-10(8)13-11-12-9(2)7-14-11/h7-8,10H,3-6H2,1-2H3,(H,12,13). The third kappa shape index (κ3) is 2.27. The van der Waals surface area contributed by atoms with Crippen molar-refractivity contribution in [2.45, 2.75) is 45.6 Å². The average molecular weight is 210 g/mol. The predicted octanol–water partition coefficient (Wildman–Crippen LogP) is 3.44. The number of hydrogen-bond acceptors (Lipinski definition) is 3. The smallest absolute Gasteiger partial charge is 0.183 e.